The Kier molecular flexibility index (Phi) is 6.54. The quantitative estimate of drug-likeness (QED) is 0.549. The van der Waals surface area contributed by atoms with Crippen LogP contribution in [0, 0.1) is 0 Å². The summed E-state index contributed by atoms with van der Waals surface area (Å²) in [6.45, 7) is 3.87. The van der Waals surface area contributed by atoms with Crippen LogP contribution < -0.4 is 11.1 Å². The third kappa shape index (κ3) is 4.85. The van der Waals surface area contributed by atoms with Crippen LogP contribution >= 0.6 is 0 Å². The Balaban J connectivity index is 3.83. The first-order valence-electron chi connectivity index (χ1n) is 4.82. The van der Waals surface area contributed by atoms with Gasteiger partial charge in [0, 0.05) is 0 Å². The lowest BCUT2D eigenvalue weighted by Gasteiger charge is -2.17. The fourth-order valence-electron chi connectivity index (χ4n) is 1.03. The molecule has 0 aromatic carbocycles. The Labute approximate surface area is 79.5 Å². The van der Waals surface area contributed by atoms with Crippen molar-refractivity contribution in [3.63, 3.8) is 0 Å². The normalized spacial score (nSPS) is 15.1. The number of rotatable bonds is 6. The highest BCUT2D eigenvalue weighted by molar-refractivity contribution is 5.81. The summed E-state index contributed by atoms with van der Waals surface area (Å²) in [5.74, 6) is -0.164. The molecule has 0 fully saturated rings. The summed E-state index contributed by atoms with van der Waals surface area (Å²) in [5, 5.41) is 11.5. The minimum atomic E-state index is -0.439. The first-order chi connectivity index (χ1) is 6.15. The van der Waals surface area contributed by atoms with E-state index in [1.54, 1.807) is 0 Å². The Morgan fingerprint density at radius 2 is 2.15 bits per heavy atom. The van der Waals surface area contributed by atoms with E-state index >= 15 is 0 Å². The average Bonchev–Trinajstić information content (AvgIpc) is 2.14. The highest BCUT2D eigenvalue weighted by Crippen LogP contribution is 1.95. The van der Waals surface area contributed by atoms with E-state index in [1.807, 2.05) is 13.8 Å². The molecule has 0 aliphatic carbocycles. The van der Waals surface area contributed by atoms with Crippen LogP contribution in [0.25, 0.3) is 0 Å². The van der Waals surface area contributed by atoms with Gasteiger partial charge in [-0.25, -0.2) is 0 Å². The molecule has 4 heteroatoms. The third-order valence-electron chi connectivity index (χ3n) is 2.00. The lowest BCUT2D eigenvalue weighted by atomic mass is 10.1. The zero-order chi connectivity index (χ0) is 10.3. The average molecular weight is 188 g/mol. The van der Waals surface area contributed by atoms with Gasteiger partial charge in [-0.05, 0) is 12.8 Å². The lowest BCUT2D eigenvalue weighted by molar-refractivity contribution is -0.123. The number of carbonyl (C=O) groups is 1. The molecule has 13 heavy (non-hydrogen) atoms. The molecule has 0 radical (unpaired) electrons. The van der Waals surface area contributed by atoms with E-state index < -0.39 is 6.04 Å². The van der Waals surface area contributed by atoms with Crippen LogP contribution in [0.5, 0.6) is 0 Å². The number of carbonyl (C=O) groups excluding carboxylic acids is 1. The van der Waals surface area contributed by atoms with Crippen molar-refractivity contribution in [2.24, 2.45) is 5.73 Å². The monoisotopic (exact) mass is 188 g/mol. The van der Waals surface area contributed by atoms with E-state index in [1.165, 1.54) is 0 Å². The Hall–Kier alpha value is -0.610. The summed E-state index contributed by atoms with van der Waals surface area (Å²) in [5.41, 5.74) is 5.59. The van der Waals surface area contributed by atoms with Gasteiger partial charge in [0.25, 0.3) is 0 Å². The highest BCUT2D eigenvalue weighted by Gasteiger charge is 2.15. The van der Waals surface area contributed by atoms with E-state index in [-0.39, 0.29) is 18.6 Å². The van der Waals surface area contributed by atoms with E-state index in [0.717, 1.165) is 12.8 Å². The van der Waals surface area contributed by atoms with Gasteiger partial charge in [0.2, 0.25) is 5.91 Å². The van der Waals surface area contributed by atoms with Crippen molar-refractivity contribution in [2.75, 3.05) is 6.61 Å². The molecule has 1 amide bonds. The molecule has 78 valence electrons. The molecule has 0 aromatic rings. The predicted molar refractivity (Wildman–Crippen MR) is 52.2 cm³/mol. The number of hydrogen-bond donors (Lipinski definition) is 3. The highest BCUT2D eigenvalue weighted by atomic mass is 16.3. The molecular formula is C9H20N2O2. The van der Waals surface area contributed by atoms with Crippen LogP contribution in [-0.2, 0) is 4.79 Å². The van der Waals surface area contributed by atoms with E-state index in [0.29, 0.717) is 6.42 Å². The second kappa shape index (κ2) is 6.86. The van der Waals surface area contributed by atoms with Crippen molar-refractivity contribution in [1.29, 1.82) is 0 Å². The van der Waals surface area contributed by atoms with Crippen molar-refractivity contribution in [3.8, 4) is 0 Å². The predicted octanol–water partition coefficient (Wildman–Crippen LogP) is 0.000900. The van der Waals surface area contributed by atoms with Crippen LogP contribution in [0.15, 0.2) is 0 Å². The van der Waals surface area contributed by atoms with Crippen molar-refractivity contribution >= 4 is 5.91 Å². The lowest BCUT2D eigenvalue weighted by Crippen LogP contribution is -2.46. The van der Waals surface area contributed by atoms with E-state index in [4.69, 9.17) is 10.8 Å². The molecule has 0 bridgehead atoms. The van der Waals surface area contributed by atoms with Crippen LogP contribution in [0.2, 0.25) is 0 Å². The van der Waals surface area contributed by atoms with Gasteiger partial charge >= 0.3 is 0 Å². The smallest absolute Gasteiger partial charge is 0.237 e. The number of amides is 1. The Morgan fingerprint density at radius 1 is 1.54 bits per heavy atom. The first kappa shape index (κ1) is 12.4. The van der Waals surface area contributed by atoms with Gasteiger partial charge in [-0.3, -0.25) is 4.79 Å². The van der Waals surface area contributed by atoms with Gasteiger partial charge < -0.3 is 16.2 Å². The molecule has 0 heterocycles. The molecular weight excluding hydrogens is 168 g/mol. The summed E-state index contributed by atoms with van der Waals surface area (Å²) in [6.07, 6.45) is 2.30. The third-order valence-corrected chi connectivity index (χ3v) is 2.00. The van der Waals surface area contributed by atoms with Crippen LogP contribution in [-0.4, -0.2) is 29.7 Å². The number of aliphatic hydroxyl groups excluding tert-OH is 1. The van der Waals surface area contributed by atoms with Gasteiger partial charge in [-0.1, -0.05) is 20.3 Å². The number of nitrogens with one attached hydrogen (secondary N) is 1. The maximum atomic E-state index is 11.3. The Bertz CT molecular complexity index is 147. The summed E-state index contributed by atoms with van der Waals surface area (Å²) in [6, 6.07) is -0.596. The number of nitrogens with two attached hydrogens (primary N) is 1. The molecule has 0 saturated carbocycles. The van der Waals surface area contributed by atoms with Crippen LogP contribution in [0.3, 0.4) is 0 Å². The maximum absolute atomic E-state index is 11.3. The van der Waals surface area contributed by atoms with Gasteiger partial charge in [-0.2, -0.15) is 0 Å². The fourth-order valence-corrected chi connectivity index (χ4v) is 1.03. The summed E-state index contributed by atoms with van der Waals surface area (Å²) >= 11 is 0. The van der Waals surface area contributed by atoms with Crippen molar-refractivity contribution in [1.82, 2.24) is 5.32 Å². The van der Waals surface area contributed by atoms with Gasteiger partial charge in [0.1, 0.15) is 0 Å². The number of hydrogen-bond acceptors (Lipinski definition) is 3. The standard InChI is InChI=1S/C9H20N2O2/c1-3-5-8(10)9(13)11-7(4-2)6-12/h7-8,12H,3-6,10H2,1-2H3,(H,11,13)/t7-,8+/m0/s1. The van der Waals surface area contributed by atoms with Crippen LogP contribution in [0.4, 0.5) is 0 Å². The molecule has 4 N–H and O–H groups in total. The molecule has 0 aliphatic rings. The zero-order valence-electron chi connectivity index (χ0n) is 8.42. The molecule has 0 saturated heterocycles. The molecule has 2 atom stereocenters. The van der Waals surface area contributed by atoms with Gasteiger partial charge in [0.05, 0.1) is 18.7 Å². The molecule has 0 aromatic heterocycles. The maximum Gasteiger partial charge on any atom is 0.237 e. The van der Waals surface area contributed by atoms with E-state index in [9.17, 15) is 4.79 Å². The minimum Gasteiger partial charge on any atom is -0.394 e. The first-order valence-corrected chi connectivity index (χ1v) is 4.82. The van der Waals surface area contributed by atoms with E-state index in [2.05, 4.69) is 5.32 Å². The summed E-state index contributed by atoms with van der Waals surface area (Å²) in [4.78, 5) is 11.3. The van der Waals surface area contributed by atoms with Crippen molar-refractivity contribution in [2.45, 2.75) is 45.2 Å². The SMILES string of the molecule is CCC[C@@H](N)C(=O)N[C@@H](CC)CO. The molecule has 0 spiro atoms. The summed E-state index contributed by atoms with van der Waals surface area (Å²) < 4.78 is 0. The zero-order valence-corrected chi connectivity index (χ0v) is 8.42. The van der Waals surface area contributed by atoms with Gasteiger partial charge in [-0.15, -0.1) is 0 Å². The minimum absolute atomic E-state index is 0.0267. The Morgan fingerprint density at radius 3 is 2.54 bits per heavy atom. The topological polar surface area (TPSA) is 75.4 Å². The van der Waals surface area contributed by atoms with Crippen molar-refractivity contribution < 1.29 is 9.90 Å². The second-order valence-corrected chi connectivity index (χ2v) is 3.19. The largest absolute Gasteiger partial charge is 0.394 e. The fraction of sp³-hybridized carbons (Fsp3) is 0.889. The second-order valence-electron chi connectivity index (χ2n) is 3.19. The molecule has 0 aliphatic heterocycles. The molecule has 0 unspecified atom stereocenters. The summed E-state index contributed by atoms with van der Waals surface area (Å²) in [7, 11) is 0. The van der Waals surface area contributed by atoms with Crippen LogP contribution in [0.1, 0.15) is 33.1 Å². The molecule has 4 nitrogen and oxygen atoms in total. The number of aliphatic hydroxyl groups is 1. The molecule has 0 rings (SSSR count). The van der Waals surface area contributed by atoms with Gasteiger partial charge in [0.15, 0.2) is 0 Å². The van der Waals surface area contributed by atoms with Crippen molar-refractivity contribution in [3.05, 3.63) is 0 Å².